The predicted molar refractivity (Wildman–Crippen MR) is 104 cm³/mol. The van der Waals surface area contributed by atoms with Gasteiger partial charge in [-0.2, -0.15) is 10.1 Å². The zero-order chi connectivity index (χ0) is 18.1. The number of aryl methyl sites for hydroxylation is 1. The highest BCUT2D eigenvalue weighted by Gasteiger charge is 2.18. The number of fused-ring (bicyclic) bond motifs is 1. The van der Waals surface area contributed by atoms with Gasteiger partial charge in [0.2, 0.25) is 5.88 Å². The van der Waals surface area contributed by atoms with Gasteiger partial charge in [-0.15, -0.1) is 11.3 Å². The van der Waals surface area contributed by atoms with E-state index in [0.717, 1.165) is 27.2 Å². The molecule has 0 fully saturated rings. The topological polar surface area (TPSA) is 56.1 Å². The number of rotatable bonds is 5. The minimum Gasteiger partial charge on any atom is -0.435 e. The SMILES string of the molecule is CN(C)Cc1nc(Oc2cnn(C)c2)c2c(-c3ccccc3)csc2n1. The molecule has 0 amide bonds. The second kappa shape index (κ2) is 6.86. The van der Waals surface area contributed by atoms with Crippen LogP contribution in [0.3, 0.4) is 0 Å². The van der Waals surface area contributed by atoms with Crippen LogP contribution >= 0.6 is 11.3 Å². The first-order valence-electron chi connectivity index (χ1n) is 8.25. The number of hydrogen-bond donors (Lipinski definition) is 0. The van der Waals surface area contributed by atoms with Crippen LogP contribution in [0.2, 0.25) is 0 Å². The van der Waals surface area contributed by atoms with Crippen LogP contribution in [0.5, 0.6) is 11.6 Å². The van der Waals surface area contributed by atoms with Crippen LogP contribution in [0.15, 0.2) is 48.1 Å². The van der Waals surface area contributed by atoms with Gasteiger partial charge < -0.3 is 9.64 Å². The number of nitrogens with zero attached hydrogens (tertiary/aromatic N) is 5. The lowest BCUT2D eigenvalue weighted by Gasteiger charge is -2.11. The van der Waals surface area contributed by atoms with Crippen LogP contribution in [-0.2, 0) is 13.6 Å². The second-order valence-electron chi connectivity index (χ2n) is 6.33. The van der Waals surface area contributed by atoms with E-state index in [1.54, 1.807) is 22.2 Å². The summed E-state index contributed by atoms with van der Waals surface area (Å²) in [4.78, 5) is 12.4. The van der Waals surface area contributed by atoms with Crippen LogP contribution in [0, 0.1) is 0 Å². The van der Waals surface area contributed by atoms with E-state index in [2.05, 4.69) is 22.6 Å². The van der Waals surface area contributed by atoms with Gasteiger partial charge in [-0.05, 0) is 19.7 Å². The average molecular weight is 365 g/mol. The van der Waals surface area contributed by atoms with Crippen LogP contribution in [-0.4, -0.2) is 38.7 Å². The molecule has 6 nitrogen and oxygen atoms in total. The lowest BCUT2D eigenvalue weighted by molar-refractivity contribution is 0.385. The van der Waals surface area contributed by atoms with E-state index in [9.17, 15) is 0 Å². The molecule has 26 heavy (non-hydrogen) atoms. The maximum absolute atomic E-state index is 6.11. The summed E-state index contributed by atoms with van der Waals surface area (Å²) in [5.41, 5.74) is 2.21. The van der Waals surface area contributed by atoms with E-state index >= 15 is 0 Å². The van der Waals surface area contributed by atoms with E-state index in [-0.39, 0.29) is 0 Å². The highest BCUT2D eigenvalue weighted by molar-refractivity contribution is 7.17. The third-order valence-electron chi connectivity index (χ3n) is 3.88. The van der Waals surface area contributed by atoms with Crippen molar-refractivity contribution in [3.63, 3.8) is 0 Å². The fourth-order valence-corrected chi connectivity index (χ4v) is 3.73. The van der Waals surface area contributed by atoms with Crippen molar-refractivity contribution in [1.29, 1.82) is 0 Å². The molecule has 4 rings (SSSR count). The molecule has 3 heterocycles. The van der Waals surface area contributed by atoms with Gasteiger partial charge in [-0.3, -0.25) is 4.68 Å². The lowest BCUT2D eigenvalue weighted by Crippen LogP contribution is -2.13. The van der Waals surface area contributed by atoms with Gasteiger partial charge in [0.15, 0.2) is 5.75 Å². The molecule has 0 bridgehead atoms. The smallest absolute Gasteiger partial charge is 0.232 e. The number of ether oxygens (including phenoxy) is 1. The average Bonchev–Trinajstić information content (AvgIpc) is 3.21. The normalized spacial score (nSPS) is 11.4. The Labute approximate surface area is 155 Å². The van der Waals surface area contributed by atoms with Crippen molar-refractivity contribution in [1.82, 2.24) is 24.6 Å². The number of aromatic nitrogens is 4. The highest BCUT2D eigenvalue weighted by atomic mass is 32.1. The Morgan fingerprint density at radius 3 is 2.65 bits per heavy atom. The summed E-state index contributed by atoms with van der Waals surface area (Å²) >= 11 is 1.61. The Balaban J connectivity index is 1.87. The quantitative estimate of drug-likeness (QED) is 0.536. The fraction of sp³-hybridized carbons (Fsp3) is 0.211. The molecule has 0 radical (unpaired) electrons. The molecule has 0 aliphatic rings. The van der Waals surface area contributed by atoms with Gasteiger partial charge in [0.1, 0.15) is 10.7 Å². The monoisotopic (exact) mass is 365 g/mol. The highest BCUT2D eigenvalue weighted by Crippen LogP contribution is 2.39. The van der Waals surface area contributed by atoms with Gasteiger partial charge in [0.05, 0.1) is 24.3 Å². The number of hydrogen-bond acceptors (Lipinski definition) is 6. The van der Waals surface area contributed by atoms with Crippen molar-refractivity contribution in [3.8, 4) is 22.8 Å². The molecular weight excluding hydrogens is 346 g/mol. The van der Waals surface area contributed by atoms with Crippen molar-refractivity contribution in [3.05, 3.63) is 53.9 Å². The molecule has 0 aliphatic carbocycles. The van der Waals surface area contributed by atoms with Gasteiger partial charge >= 0.3 is 0 Å². The number of thiophene rings is 1. The Morgan fingerprint density at radius 1 is 1.15 bits per heavy atom. The van der Waals surface area contributed by atoms with Crippen molar-refractivity contribution in [2.75, 3.05) is 14.1 Å². The van der Waals surface area contributed by atoms with E-state index < -0.39 is 0 Å². The Kier molecular flexibility index (Phi) is 4.40. The Morgan fingerprint density at radius 2 is 1.96 bits per heavy atom. The first-order valence-corrected chi connectivity index (χ1v) is 9.13. The molecule has 0 N–H and O–H groups in total. The predicted octanol–water partition coefficient (Wildman–Crippen LogP) is 3.95. The molecule has 4 aromatic rings. The van der Waals surface area contributed by atoms with E-state index in [1.165, 1.54) is 0 Å². The first kappa shape index (κ1) is 16.7. The van der Waals surface area contributed by atoms with Gasteiger partial charge in [0.25, 0.3) is 0 Å². The van der Waals surface area contributed by atoms with Crippen LogP contribution < -0.4 is 4.74 Å². The van der Waals surface area contributed by atoms with E-state index in [1.807, 2.05) is 50.4 Å². The molecule has 132 valence electrons. The standard InChI is InChI=1S/C19H19N5OS/c1-23(2)11-16-21-18(25-14-9-20-24(3)10-14)17-15(12-26-19(17)22-16)13-7-5-4-6-8-13/h4-10,12H,11H2,1-3H3. The summed E-state index contributed by atoms with van der Waals surface area (Å²) in [6.45, 7) is 0.651. The largest absolute Gasteiger partial charge is 0.435 e. The molecule has 0 saturated carbocycles. The van der Waals surface area contributed by atoms with Crippen molar-refractivity contribution >= 4 is 21.6 Å². The minimum absolute atomic E-state index is 0.569. The second-order valence-corrected chi connectivity index (χ2v) is 7.19. The molecule has 0 saturated heterocycles. The van der Waals surface area contributed by atoms with E-state index in [0.29, 0.717) is 18.2 Å². The third kappa shape index (κ3) is 3.31. The number of benzene rings is 1. The molecule has 1 aromatic carbocycles. The molecule has 0 aliphatic heterocycles. The Hall–Kier alpha value is -2.77. The van der Waals surface area contributed by atoms with Crippen molar-refractivity contribution < 1.29 is 4.74 Å². The van der Waals surface area contributed by atoms with Crippen LogP contribution in [0.1, 0.15) is 5.82 Å². The molecule has 0 unspecified atom stereocenters. The van der Waals surface area contributed by atoms with Gasteiger partial charge in [-0.1, -0.05) is 30.3 Å². The summed E-state index contributed by atoms with van der Waals surface area (Å²) in [5.74, 6) is 1.97. The fourth-order valence-electron chi connectivity index (χ4n) is 2.77. The summed E-state index contributed by atoms with van der Waals surface area (Å²) in [7, 11) is 5.86. The van der Waals surface area contributed by atoms with E-state index in [4.69, 9.17) is 14.7 Å². The molecule has 0 atom stereocenters. The summed E-state index contributed by atoms with van der Waals surface area (Å²) in [6, 6.07) is 10.2. The van der Waals surface area contributed by atoms with Gasteiger partial charge in [-0.25, -0.2) is 4.98 Å². The summed E-state index contributed by atoms with van der Waals surface area (Å²) < 4.78 is 7.82. The van der Waals surface area contributed by atoms with Crippen molar-refractivity contribution in [2.24, 2.45) is 7.05 Å². The van der Waals surface area contributed by atoms with Crippen molar-refractivity contribution in [2.45, 2.75) is 6.54 Å². The molecule has 3 aromatic heterocycles. The van der Waals surface area contributed by atoms with Crippen LogP contribution in [0.25, 0.3) is 21.3 Å². The first-order chi connectivity index (χ1) is 12.6. The minimum atomic E-state index is 0.569. The zero-order valence-corrected chi connectivity index (χ0v) is 15.7. The summed E-state index contributed by atoms with van der Waals surface area (Å²) in [5, 5.41) is 7.23. The zero-order valence-electron chi connectivity index (χ0n) is 14.9. The molecule has 0 spiro atoms. The maximum atomic E-state index is 6.11. The Bertz CT molecular complexity index is 1040. The lowest BCUT2D eigenvalue weighted by atomic mass is 10.1. The molecular formula is C19H19N5OS. The van der Waals surface area contributed by atoms with Gasteiger partial charge in [0, 0.05) is 18.0 Å². The third-order valence-corrected chi connectivity index (χ3v) is 4.76. The summed E-state index contributed by atoms with van der Waals surface area (Å²) in [6.07, 6.45) is 3.52. The molecule has 7 heteroatoms. The maximum Gasteiger partial charge on any atom is 0.232 e. The van der Waals surface area contributed by atoms with Crippen LogP contribution in [0.4, 0.5) is 0 Å².